The third-order valence-electron chi connectivity index (χ3n) is 1.69. The lowest BCUT2D eigenvalue weighted by atomic mass is 10.1. The number of thioether (sulfide) groups is 1. The average Bonchev–Trinajstić information content (AvgIpc) is 2.15. The third kappa shape index (κ3) is 2.64. The van der Waals surface area contributed by atoms with Gasteiger partial charge in [-0.1, -0.05) is 6.08 Å². The molecule has 0 heterocycles. The Hall–Kier alpha value is -1.20. The summed E-state index contributed by atoms with van der Waals surface area (Å²) in [5.74, 6) is 0.908. The van der Waals surface area contributed by atoms with E-state index in [0.29, 0.717) is 0 Å². The molecule has 0 aliphatic heterocycles. The summed E-state index contributed by atoms with van der Waals surface area (Å²) < 4.78 is 0. The number of rotatable bonds is 3. The second-order valence-corrected chi connectivity index (χ2v) is 3.78. The van der Waals surface area contributed by atoms with Crippen LogP contribution < -0.4 is 0 Å². The Bertz CT molecular complexity index is 350. The van der Waals surface area contributed by atoms with Crippen molar-refractivity contribution in [2.45, 2.75) is 11.8 Å². The van der Waals surface area contributed by atoms with Crippen LogP contribution in [-0.4, -0.2) is 5.75 Å². The fourth-order valence-electron chi connectivity index (χ4n) is 1.01. The molecule has 0 saturated heterocycles. The van der Waals surface area contributed by atoms with Gasteiger partial charge in [0.05, 0.1) is 11.6 Å². The first-order valence-electron chi connectivity index (χ1n) is 4.02. The minimum absolute atomic E-state index is 0.753. The number of hydrogen-bond acceptors (Lipinski definition) is 2. The molecule has 0 radical (unpaired) electrons. The maximum atomic E-state index is 8.71. The monoisotopic (exact) mass is 189 g/mol. The van der Waals surface area contributed by atoms with Crippen molar-refractivity contribution in [3.05, 3.63) is 42.0 Å². The van der Waals surface area contributed by atoms with Crippen molar-refractivity contribution in [2.75, 3.05) is 5.75 Å². The highest BCUT2D eigenvalue weighted by atomic mass is 32.2. The Morgan fingerprint density at radius 2 is 2.38 bits per heavy atom. The number of benzene rings is 1. The SMILES string of the molecule is C=CCSc1ccc(C#N)c(C)c1. The van der Waals surface area contributed by atoms with Crippen LogP contribution in [0.5, 0.6) is 0 Å². The van der Waals surface area contributed by atoms with Crippen LogP contribution in [-0.2, 0) is 0 Å². The Labute approximate surface area is 83.1 Å². The molecule has 0 atom stereocenters. The zero-order chi connectivity index (χ0) is 9.68. The van der Waals surface area contributed by atoms with E-state index in [4.69, 9.17) is 5.26 Å². The fraction of sp³-hybridized carbons (Fsp3) is 0.182. The van der Waals surface area contributed by atoms with Gasteiger partial charge in [0.15, 0.2) is 0 Å². The molecule has 1 aromatic rings. The lowest BCUT2D eigenvalue weighted by Crippen LogP contribution is -1.82. The van der Waals surface area contributed by atoms with E-state index in [9.17, 15) is 0 Å². The van der Waals surface area contributed by atoms with Crippen molar-refractivity contribution in [1.29, 1.82) is 5.26 Å². The van der Waals surface area contributed by atoms with Crippen LogP contribution in [0.25, 0.3) is 0 Å². The maximum Gasteiger partial charge on any atom is 0.0994 e. The number of nitrogens with zero attached hydrogens (tertiary/aromatic N) is 1. The van der Waals surface area contributed by atoms with Crippen LogP contribution >= 0.6 is 11.8 Å². The van der Waals surface area contributed by atoms with Gasteiger partial charge in [-0.25, -0.2) is 0 Å². The van der Waals surface area contributed by atoms with Gasteiger partial charge < -0.3 is 0 Å². The molecule has 1 aromatic carbocycles. The minimum Gasteiger partial charge on any atom is -0.192 e. The van der Waals surface area contributed by atoms with Gasteiger partial charge in [-0.3, -0.25) is 0 Å². The smallest absolute Gasteiger partial charge is 0.0994 e. The Morgan fingerprint density at radius 1 is 1.62 bits per heavy atom. The van der Waals surface area contributed by atoms with Crippen LogP contribution in [0.15, 0.2) is 35.7 Å². The van der Waals surface area contributed by atoms with E-state index in [0.717, 1.165) is 16.9 Å². The van der Waals surface area contributed by atoms with Gasteiger partial charge in [0, 0.05) is 10.6 Å². The summed E-state index contributed by atoms with van der Waals surface area (Å²) >= 11 is 1.73. The summed E-state index contributed by atoms with van der Waals surface area (Å²) in [4.78, 5) is 1.19. The van der Waals surface area contributed by atoms with Crippen molar-refractivity contribution in [3.63, 3.8) is 0 Å². The molecule has 1 rings (SSSR count). The van der Waals surface area contributed by atoms with E-state index >= 15 is 0 Å². The lowest BCUT2D eigenvalue weighted by molar-refractivity contribution is 1.32. The molecule has 2 heteroatoms. The number of aryl methyl sites for hydroxylation is 1. The predicted molar refractivity (Wildman–Crippen MR) is 56.8 cm³/mol. The van der Waals surface area contributed by atoms with Crippen LogP contribution in [0.4, 0.5) is 0 Å². The quantitative estimate of drug-likeness (QED) is 0.538. The third-order valence-corrected chi connectivity index (χ3v) is 2.68. The standard InChI is InChI=1S/C11H11NS/c1-3-6-13-11-5-4-10(8-12)9(2)7-11/h3-5,7H,1,6H2,2H3. The minimum atomic E-state index is 0.753. The molecule has 0 aromatic heterocycles. The molecule has 0 amide bonds. The predicted octanol–water partition coefficient (Wildman–Crippen LogP) is 3.14. The Kier molecular flexibility index (Phi) is 3.60. The van der Waals surface area contributed by atoms with E-state index in [1.54, 1.807) is 11.8 Å². The number of hydrogen-bond donors (Lipinski definition) is 0. The summed E-state index contributed by atoms with van der Waals surface area (Å²) in [5, 5.41) is 8.71. The molecule has 0 bridgehead atoms. The molecule has 13 heavy (non-hydrogen) atoms. The van der Waals surface area contributed by atoms with Gasteiger partial charge in [0.2, 0.25) is 0 Å². The summed E-state index contributed by atoms with van der Waals surface area (Å²) in [6, 6.07) is 8.02. The topological polar surface area (TPSA) is 23.8 Å². The van der Waals surface area contributed by atoms with Crippen molar-refractivity contribution in [1.82, 2.24) is 0 Å². The van der Waals surface area contributed by atoms with E-state index in [-0.39, 0.29) is 0 Å². The van der Waals surface area contributed by atoms with Crippen LogP contribution in [0.1, 0.15) is 11.1 Å². The molecule has 0 N–H and O–H groups in total. The molecule has 0 aliphatic rings. The molecular weight excluding hydrogens is 178 g/mol. The largest absolute Gasteiger partial charge is 0.192 e. The van der Waals surface area contributed by atoms with Gasteiger partial charge in [-0.05, 0) is 30.7 Å². The second-order valence-electron chi connectivity index (χ2n) is 2.69. The summed E-state index contributed by atoms with van der Waals surface area (Å²) in [6.07, 6.45) is 1.87. The summed E-state index contributed by atoms with van der Waals surface area (Å²) in [6.45, 7) is 5.61. The molecule has 1 nitrogen and oxygen atoms in total. The first-order chi connectivity index (χ1) is 6.27. The molecule has 0 fully saturated rings. The second kappa shape index (κ2) is 4.74. The molecule has 0 spiro atoms. The maximum absolute atomic E-state index is 8.71. The zero-order valence-corrected chi connectivity index (χ0v) is 8.40. The Balaban J connectivity index is 2.84. The highest BCUT2D eigenvalue weighted by molar-refractivity contribution is 7.99. The van der Waals surface area contributed by atoms with Crippen molar-refractivity contribution in [3.8, 4) is 6.07 Å². The van der Waals surface area contributed by atoms with Gasteiger partial charge in [0.25, 0.3) is 0 Å². The highest BCUT2D eigenvalue weighted by Crippen LogP contribution is 2.20. The highest BCUT2D eigenvalue weighted by Gasteiger charge is 1.98. The normalized spacial score (nSPS) is 9.23. The first kappa shape index (κ1) is 9.88. The molecule has 0 saturated carbocycles. The van der Waals surface area contributed by atoms with Crippen LogP contribution in [0.2, 0.25) is 0 Å². The van der Waals surface area contributed by atoms with Gasteiger partial charge in [-0.15, -0.1) is 18.3 Å². The van der Waals surface area contributed by atoms with Gasteiger partial charge in [0.1, 0.15) is 0 Å². The van der Waals surface area contributed by atoms with Crippen molar-refractivity contribution < 1.29 is 0 Å². The molecular formula is C11H11NS. The lowest BCUT2D eigenvalue weighted by Gasteiger charge is -2.01. The molecule has 0 aliphatic carbocycles. The molecule has 66 valence electrons. The van der Waals surface area contributed by atoms with Crippen LogP contribution in [0.3, 0.4) is 0 Å². The van der Waals surface area contributed by atoms with E-state index in [1.807, 2.05) is 31.2 Å². The first-order valence-corrected chi connectivity index (χ1v) is 5.01. The Morgan fingerprint density at radius 3 is 2.92 bits per heavy atom. The van der Waals surface area contributed by atoms with Crippen molar-refractivity contribution >= 4 is 11.8 Å². The fourth-order valence-corrected chi connectivity index (χ4v) is 1.74. The number of nitriles is 1. The summed E-state index contributed by atoms with van der Waals surface area (Å²) in [5.41, 5.74) is 1.79. The molecule has 0 unspecified atom stereocenters. The van der Waals surface area contributed by atoms with Crippen LogP contribution in [0, 0.1) is 18.3 Å². The van der Waals surface area contributed by atoms with Gasteiger partial charge in [-0.2, -0.15) is 5.26 Å². The van der Waals surface area contributed by atoms with Gasteiger partial charge >= 0.3 is 0 Å². The average molecular weight is 189 g/mol. The van der Waals surface area contributed by atoms with E-state index < -0.39 is 0 Å². The van der Waals surface area contributed by atoms with E-state index in [2.05, 4.69) is 12.6 Å². The summed E-state index contributed by atoms with van der Waals surface area (Å²) in [7, 11) is 0. The van der Waals surface area contributed by atoms with E-state index in [1.165, 1.54) is 4.90 Å². The zero-order valence-electron chi connectivity index (χ0n) is 7.58. The van der Waals surface area contributed by atoms with Crippen molar-refractivity contribution in [2.24, 2.45) is 0 Å².